The second kappa shape index (κ2) is 37.6. The van der Waals surface area contributed by atoms with Crippen LogP contribution in [0.5, 0.6) is 0 Å². The lowest BCUT2D eigenvalue weighted by molar-refractivity contribution is -0.215. The van der Waals surface area contributed by atoms with Gasteiger partial charge >= 0.3 is 6.18 Å². The molecule has 29 heteroatoms. The highest BCUT2D eigenvalue weighted by Crippen LogP contribution is 2.45. The molecule has 0 aromatic rings. The molecule has 2 saturated heterocycles. The van der Waals surface area contributed by atoms with Gasteiger partial charge in [0.1, 0.15) is 53.9 Å². The molecular formula is C75H121F3N12O14. The third kappa shape index (κ3) is 19.8. The maximum Gasteiger partial charge on any atom is 0.394 e. The molecule has 3 heterocycles. The highest BCUT2D eigenvalue weighted by atomic mass is 19.4. The zero-order valence-electron chi connectivity index (χ0n) is 64.3. The van der Waals surface area contributed by atoms with Crippen LogP contribution in [-0.4, -0.2) is 295 Å². The van der Waals surface area contributed by atoms with Gasteiger partial charge in [-0.3, -0.25) is 57.5 Å². The van der Waals surface area contributed by atoms with E-state index in [2.05, 4.69) is 10.6 Å². The number of hydrogen-bond acceptors (Lipinski definition) is 14. The van der Waals surface area contributed by atoms with Crippen molar-refractivity contribution in [2.45, 2.75) is 260 Å². The van der Waals surface area contributed by atoms with Crippen LogP contribution >= 0.6 is 0 Å². The van der Waals surface area contributed by atoms with E-state index in [1.54, 1.807) is 19.9 Å². The molecule has 3 aliphatic heterocycles. The van der Waals surface area contributed by atoms with Crippen LogP contribution in [0.1, 0.15) is 188 Å². The van der Waals surface area contributed by atoms with E-state index in [0.29, 0.717) is 38.5 Å². The molecule has 2 N–H and O–H groups in total. The molecule has 586 valence electrons. The summed E-state index contributed by atoms with van der Waals surface area (Å²) in [6.45, 7) is 6.20. The van der Waals surface area contributed by atoms with Gasteiger partial charge in [-0.25, -0.2) is 0 Å². The Bertz CT molecular complexity index is 3070. The molecule has 7 rings (SSSR count). The summed E-state index contributed by atoms with van der Waals surface area (Å²) in [6, 6.07) is -9.97. The van der Waals surface area contributed by atoms with Gasteiger partial charge in [-0.2, -0.15) is 13.2 Å². The number of amides is 12. The Kier molecular flexibility index (Phi) is 30.5. The van der Waals surface area contributed by atoms with Crippen LogP contribution in [0.3, 0.4) is 0 Å². The van der Waals surface area contributed by atoms with E-state index in [0.717, 1.165) is 44.9 Å². The highest BCUT2D eigenvalue weighted by Gasteiger charge is 2.57. The van der Waals surface area contributed by atoms with Crippen molar-refractivity contribution in [3.63, 3.8) is 0 Å². The topological polar surface area (TPSA) is 280 Å². The minimum absolute atomic E-state index is 0.0139. The molecule has 0 aromatic carbocycles. The quantitative estimate of drug-likeness (QED) is 0.207. The van der Waals surface area contributed by atoms with Crippen LogP contribution < -0.4 is 10.6 Å². The van der Waals surface area contributed by atoms with E-state index in [1.165, 1.54) is 120 Å². The van der Waals surface area contributed by atoms with Gasteiger partial charge in [0.05, 0.1) is 37.6 Å². The maximum atomic E-state index is 15.7. The normalized spacial score (nSPS) is 30.7. The molecule has 2 bridgehead atoms. The number of hydrogen-bond donors (Lipinski definition) is 2. The molecule has 104 heavy (non-hydrogen) atoms. The van der Waals surface area contributed by atoms with Crippen LogP contribution in [0.25, 0.3) is 0 Å². The van der Waals surface area contributed by atoms with Crippen molar-refractivity contribution in [1.29, 1.82) is 0 Å². The Morgan fingerprint density at radius 3 is 1.90 bits per heavy atom. The van der Waals surface area contributed by atoms with Gasteiger partial charge < -0.3 is 69.1 Å². The zero-order chi connectivity index (χ0) is 76.8. The predicted octanol–water partition coefficient (Wildman–Crippen LogP) is 5.39. The summed E-state index contributed by atoms with van der Waals surface area (Å²) in [6.07, 6.45) is 6.05. The molecular weight excluding hydrogens is 1350 g/mol. The van der Waals surface area contributed by atoms with Gasteiger partial charge in [-0.1, -0.05) is 90.7 Å². The van der Waals surface area contributed by atoms with E-state index >= 15 is 28.8 Å². The molecule has 4 saturated carbocycles. The van der Waals surface area contributed by atoms with Gasteiger partial charge in [0, 0.05) is 96.7 Å². The number of carbonyl (C=O) groups excluding carboxylic acids is 12. The highest BCUT2D eigenvalue weighted by molar-refractivity contribution is 6.01. The molecule has 13 atom stereocenters. The Hall–Kier alpha value is -6.91. The summed E-state index contributed by atoms with van der Waals surface area (Å²) in [4.78, 5) is 195. The van der Waals surface area contributed by atoms with Crippen molar-refractivity contribution < 1.29 is 80.2 Å². The second-order valence-corrected chi connectivity index (χ2v) is 31.1. The first-order valence-electron chi connectivity index (χ1n) is 38.3. The Balaban J connectivity index is 1.32. The lowest BCUT2D eigenvalue weighted by atomic mass is 9.73. The summed E-state index contributed by atoms with van der Waals surface area (Å²) in [5.74, 6) is -10.6. The van der Waals surface area contributed by atoms with Crippen molar-refractivity contribution in [2.75, 3.05) is 103 Å². The predicted molar refractivity (Wildman–Crippen MR) is 382 cm³/mol. The summed E-state index contributed by atoms with van der Waals surface area (Å²) >= 11 is 0. The lowest BCUT2D eigenvalue weighted by Gasteiger charge is -2.51. The van der Waals surface area contributed by atoms with Crippen LogP contribution in [0.15, 0.2) is 12.2 Å². The maximum absolute atomic E-state index is 15.7. The Morgan fingerprint density at radius 1 is 0.654 bits per heavy atom. The number of fused-ring (bicyclic) bond motifs is 3. The number of methoxy groups -OCH3 is 1. The Morgan fingerprint density at radius 2 is 1.31 bits per heavy atom. The van der Waals surface area contributed by atoms with E-state index in [9.17, 15) is 41.9 Å². The van der Waals surface area contributed by atoms with Crippen molar-refractivity contribution in [3.8, 4) is 0 Å². The first-order valence-corrected chi connectivity index (χ1v) is 38.3. The number of halogens is 3. The van der Waals surface area contributed by atoms with Crippen LogP contribution in [0.4, 0.5) is 13.2 Å². The van der Waals surface area contributed by atoms with Crippen molar-refractivity contribution >= 4 is 70.9 Å². The van der Waals surface area contributed by atoms with Crippen molar-refractivity contribution in [3.05, 3.63) is 12.2 Å². The average molecular weight is 1470 g/mol. The molecule has 3 unspecified atom stereocenters. The van der Waals surface area contributed by atoms with Crippen LogP contribution in [0.2, 0.25) is 0 Å². The van der Waals surface area contributed by atoms with E-state index in [1.807, 2.05) is 19.9 Å². The van der Waals surface area contributed by atoms with Crippen LogP contribution in [0, 0.1) is 29.6 Å². The molecule has 0 aromatic heterocycles. The van der Waals surface area contributed by atoms with Gasteiger partial charge in [0.2, 0.25) is 70.9 Å². The molecule has 7 aliphatic rings. The van der Waals surface area contributed by atoms with Crippen LogP contribution in [-0.2, 0) is 67.0 Å². The number of nitrogens with one attached hydrogen (secondary N) is 2. The standard InChI is InChI=1S/C75H121F3N12O14/c1-15-27-54-65(94)80-63(47(4)16-2)71(100)83(8)46-62(93)85(10)55-32-22-19-25-39-89(70(55)99)57(40-48-28-20-18-21-29-48)68(97)82(7)45-60(91)79-53(36-34-49-33-35-52(75(76,77)78)59(41-49)103-14)66(95)90-44-51(104-17-3)42-58(90)69(98)88(13)74(37-26-38-74)73(102)87(12)64(50-30-23-24-31-50)72(101)86(11)56(67(96)81(5)6)43-61(92)84(54)9/h19,22,47-59,63-64H,15-18,20-21,23-46H2,1-14H3,(H,79,91)(H,80,94)/b22-19-/t47-,49?,51+,52?,53-,54-,55-,56-,57-,58-,59?,63-,64-/m0/s1. The van der Waals surface area contributed by atoms with Gasteiger partial charge in [0.25, 0.3) is 0 Å². The summed E-state index contributed by atoms with van der Waals surface area (Å²) in [5.41, 5.74) is -1.54. The molecule has 26 nitrogen and oxygen atoms in total. The molecule has 12 amide bonds. The van der Waals surface area contributed by atoms with Gasteiger partial charge in [-0.05, 0) is 120 Å². The number of carbonyl (C=O) groups is 12. The number of ether oxygens (including phenoxy) is 2. The second-order valence-electron chi connectivity index (χ2n) is 31.1. The lowest BCUT2D eigenvalue weighted by Crippen LogP contribution is -2.68. The monoisotopic (exact) mass is 1470 g/mol. The largest absolute Gasteiger partial charge is 0.394 e. The first-order chi connectivity index (χ1) is 49.2. The van der Waals surface area contributed by atoms with E-state index in [4.69, 9.17) is 9.47 Å². The first kappa shape index (κ1) is 84.4. The average Bonchev–Trinajstić information content (AvgIpc) is 1.17. The third-order valence-corrected chi connectivity index (χ3v) is 24.1. The summed E-state index contributed by atoms with van der Waals surface area (Å²) in [7, 11) is 14.3. The molecule has 4 aliphatic carbocycles. The van der Waals surface area contributed by atoms with E-state index < -0.39 is 180 Å². The number of nitrogens with zero attached hydrogens (tertiary/aromatic N) is 10. The number of alkyl halides is 3. The Labute approximate surface area is 613 Å². The number of rotatable bonds is 14. The SMILES string of the molecule is CCC[C@H]1C(=O)N[C@@H]([C@@H](C)CC)C(=O)N(C)CC(=O)N(C)[C@H]2C/C=C\CCN(C2=O)[C@@H](CC2CCCCC2)C(=O)N(C)CC(=O)N[C@@H](CCC2CCC(C(F)(F)F)C(OC)C2)C(=O)N2C[C@H](OCC)C[C@H]2C(=O)N(C)C2(CCC2)C(=O)N(C)[C@@H](C2CCCC2)C(=O)N(C)[C@H](C(=O)N(C)C)CC(=O)N1C. The zero-order valence-corrected chi connectivity index (χ0v) is 64.3. The van der Waals surface area contributed by atoms with Gasteiger partial charge in [-0.15, -0.1) is 0 Å². The fourth-order valence-electron chi connectivity index (χ4n) is 17.2. The minimum Gasteiger partial charge on any atom is -0.381 e. The molecule has 6 fully saturated rings. The fourth-order valence-corrected chi connectivity index (χ4v) is 17.2. The number of likely N-dealkylation sites (N-methyl/N-ethyl adjacent to an activating group) is 8. The molecule has 0 radical (unpaired) electrons. The molecule has 1 spiro atoms. The third-order valence-electron chi connectivity index (χ3n) is 24.1. The van der Waals surface area contributed by atoms with Crippen molar-refractivity contribution in [2.24, 2.45) is 29.6 Å². The smallest absolute Gasteiger partial charge is 0.381 e. The summed E-state index contributed by atoms with van der Waals surface area (Å²) < 4.78 is 54.5. The fraction of sp³-hybridized carbons (Fsp3) is 0.813. The summed E-state index contributed by atoms with van der Waals surface area (Å²) in [5, 5.41) is 5.79. The van der Waals surface area contributed by atoms with E-state index in [-0.39, 0.29) is 102 Å². The minimum atomic E-state index is -4.52. The van der Waals surface area contributed by atoms with Crippen molar-refractivity contribution in [1.82, 2.24) is 59.6 Å². The van der Waals surface area contributed by atoms with Gasteiger partial charge in [0.15, 0.2) is 0 Å².